The molecule has 0 saturated heterocycles. The molecule has 0 aliphatic carbocycles. The lowest BCUT2D eigenvalue weighted by Gasteiger charge is -2.14. The smallest absolute Gasteiger partial charge is 0.320 e. The van der Waals surface area contributed by atoms with Crippen LogP contribution in [0.5, 0.6) is 0 Å². The number of alkyl halides is 1. The predicted molar refractivity (Wildman–Crippen MR) is 62.2 cm³/mol. The Morgan fingerprint density at radius 2 is 2.44 bits per heavy atom. The molecule has 1 aromatic rings. The van der Waals surface area contributed by atoms with Gasteiger partial charge in [0.15, 0.2) is 0 Å². The van der Waals surface area contributed by atoms with E-state index in [1.807, 2.05) is 18.5 Å². The van der Waals surface area contributed by atoms with E-state index >= 15 is 0 Å². The highest BCUT2D eigenvalue weighted by atomic mass is 79.9. The van der Waals surface area contributed by atoms with Crippen LogP contribution in [0.2, 0.25) is 0 Å². The van der Waals surface area contributed by atoms with Crippen molar-refractivity contribution in [1.82, 2.24) is 20.1 Å². The van der Waals surface area contributed by atoms with Gasteiger partial charge in [0.25, 0.3) is 0 Å². The van der Waals surface area contributed by atoms with Gasteiger partial charge in [0.05, 0.1) is 13.2 Å². The first-order valence-corrected chi connectivity index (χ1v) is 5.77. The van der Waals surface area contributed by atoms with Crippen LogP contribution >= 0.6 is 15.9 Å². The molecule has 0 aliphatic rings. The molecule has 2 atom stereocenters. The topological polar surface area (TPSA) is 69.0 Å². The maximum atomic E-state index is 11.1. The number of hydrogen-bond acceptors (Lipinski definition) is 5. The molecule has 1 N–H and O–H groups in total. The van der Waals surface area contributed by atoms with Gasteiger partial charge in [-0.05, 0) is 6.92 Å². The molecule has 0 bridgehead atoms. The molecule has 0 radical (unpaired) electrons. The molecule has 16 heavy (non-hydrogen) atoms. The van der Waals surface area contributed by atoms with E-state index in [1.54, 1.807) is 6.33 Å². The minimum Gasteiger partial charge on any atom is -0.468 e. The van der Waals surface area contributed by atoms with Crippen molar-refractivity contribution in [2.75, 3.05) is 13.7 Å². The number of rotatable bonds is 5. The molecule has 7 heteroatoms. The Kier molecular flexibility index (Phi) is 4.88. The number of nitrogens with zero attached hydrogens (tertiary/aromatic N) is 3. The van der Waals surface area contributed by atoms with Crippen molar-refractivity contribution in [2.24, 2.45) is 7.05 Å². The van der Waals surface area contributed by atoms with Gasteiger partial charge in [-0.15, -0.1) is 10.2 Å². The lowest BCUT2D eigenvalue weighted by molar-refractivity contribution is -0.139. The van der Waals surface area contributed by atoms with Crippen LogP contribution < -0.4 is 5.32 Å². The first-order valence-electron chi connectivity index (χ1n) is 4.85. The molecule has 6 nitrogen and oxygen atoms in total. The third-order valence-corrected chi connectivity index (χ3v) is 2.89. The zero-order chi connectivity index (χ0) is 12.1. The van der Waals surface area contributed by atoms with Crippen LogP contribution in [-0.2, 0) is 16.6 Å². The molecular weight excluding hydrogens is 276 g/mol. The molecule has 0 aromatic carbocycles. The lowest BCUT2D eigenvalue weighted by atomic mass is 10.3. The molecule has 0 fully saturated rings. The van der Waals surface area contributed by atoms with Crippen LogP contribution in [0.1, 0.15) is 18.8 Å². The Balaban J connectivity index is 2.44. The highest BCUT2D eigenvalue weighted by Gasteiger charge is 2.17. The summed E-state index contributed by atoms with van der Waals surface area (Å²) in [6.45, 7) is 2.43. The van der Waals surface area contributed by atoms with Gasteiger partial charge in [-0.25, -0.2) is 0 Å². The number of halogens is 1. The zero-order valence-corrected chi connectivity index (χ0v) is 11.1. The van der Waals surface area contributed by atoms with Crippen LogP contribution in [0.3, 0.4) is 0 Å². The molecule has 2 unspecified atom stereocenters. The maximum absolute atomic E-state index is 11.1. The Labute approximate surface area is 103 Å². The van der Waals surface area contributed by atoms with E-state index in [9.17, 15) is 4.79 Å². The van der Waals surface area contributed by atoms with Crippen molar-refractivity contribution in [3.05, 3.63) is 12.2 Å². The van der Waals surface area contributed by atoms with Crippen LogP contribution in [-0.4, -0.2) is 39.2 Å². The van der Waals surface area contributed by atoms with E-state index in [2.05, 4.69) is 36.2 Å². The van der Waals surface area contributed by atoms with Gasteiger partial charge in [0.2, 0.25) is 0 Å². The molecule has 1 heterocycles. The zero-order valence-electron chi connectivity index (χ0n) is 9.48. The van der Waals surface area contributed by atoms with Gasteiger partial charge >= 0.3 is 5.97 Å². The molecule has 1 rings (SSSR count). The lowest BCUT2D eigenvalue weighted by Crippen LogP contribution is -2.32. The van der Waals surface area contributed by atoms with Gasteiger partial charge in [-0.1, -0.05) is 15.9 Å². The van der Waals surface area contributed by atoms with Gasteiger partial charge in [0, 0.05) is 13.6 Å². The first kappa shape index (κ1) is 13.1. The number of ether oxygens (including phenoxy) is 1. The van der Waals surface area contributed by atoms with Crippen LogP contribution in [0.4, 0.5) is 0 Å². The van der Waals surface area contributed by atoms with E-state index in [0.717, 1.165) is 5.82 Å². The second-order valence-corrected chi connectivity index (χ2v) is 4.53. The highest BCUT2D eigenvalue weighted by molar-refractivity contribution is 9.10. The number of methoxy groups -OCH3 is 1. The minimum absolute atomic E-state index is 0.0252. The van der Waals surface area contributed by atoms with E-state index in [-0.39, 0.29) is 16.8 Å². The van der Waals surface area contributed by atoms with E-state index < -0.39 is 0 Å². The summed E-state index contributed by atoms with van der Waals surface area (Å²) in [7, 11) is 3.24. The number of hydrogen-bond donors (Lipinski definition) is 1. The molecule has 90 valence electrons. The summed E-state index contributed by atoms with van der Waals surface area (Å²) in [5, 5.41) is 10.9. The molecule has 0 saturated carbocycles. The normalized spacial score (nSPS) is 14.5. The monoisotopic (exact) mass is 290 g/mol. The third kappa shape index (κ3) is 3.28. The average Bonchev–Trinajstić information content (AvgIpc) is 2.70. The van der Waals surface area contributed by atoms with Crippen LogP contribution in [0.15, 0.2) is 6.33 Å². The van der Waals surface area contributed by atoms with Crippen molar-refractivity contribution >= 4 is 21.9 Å². The SMILES string of the molecule is COC(=O)C(Br)CNC(C)c1nncn1C. The first-order chi connectivity index (χ1) is 7.56. The standard InChI is InChI=1S/C9H15BrN4O2/c1-6(8-13-12-5-14(8)2)11-4-7(10)9(15)16-3/h5-7,11H,4H2,1-3H3. The fraction of sp³-hybridized carbons (Fsp3) is 0.667. The fourth-order valence-electron chi connectivity index (χ4n) is 1.27. The Morgan fingerprint density at radius 3 is 2.94 bits per heavy atom. The van der Waals surface area contributed by atoms with Crippen molar-refractivity contribution in [2.45, 2.75) is 17.8 Å². The number of esters is 1. The summed E-state index contributed by atoms with van der Waals surface area (Å²) in [5.41, 5.74) is 0. The molecule has 0 amide bonds. The minimum atomic E-state index is -0.354. The third-order valence-electron chi connectivity index (χ3n) is 2.19. The maximum Gasteiger partial charge on any atom is 0.320 e. The van der Waals surface area contributed by atoms with E-state index in [0.29, 0.717) is 6.54 Å². The molecule has 0 aliphatic heterocycles. The average molecular weight is 291 g/mol. The van der Waals surface area contributed by atoms with Crippen molar-refractivity contribution in [3.8, 4) is 0 Å². The number of aryl methyl sites for hydroxylation is 1. The highest BCUT2D eigenvalue weighted by Crippen LogP contribution is 2.08. The quantitative estimate of drug-likeness (QED) is 0.628. The summed E-state index contributed by atoms with van der Waals surface area (Å²) < 4.78 is 6.43. The summed E-state index contributed by atoms with van der Waals surface area (Å²) in [4.78, 5) is 10.8. The van der Waals surface area contributed by atoms with Crippen molar-refractivity contribution < 1.29 is 9.53 Å². The number of aromatic nitrogens is 3. The fourth-order valence-corrected chi connectivity index (χ4v) is 1.64. The van der Waals surface area contributed by atoms with E-state index in [1.165, 1.54) is 7.11 Å². The van der Waals surface area contributed by atoms with Crippen molar-refractivity contribution in [3.63, 3.8) is 0 Å². The Morgan fingerprint density at radius 1 is 1.75 bits per heavy atom. The van der Waals surface area contributed by atoms with Crippen LogP contribution in [0.25, 0.3) is 0 Å². The number of carbonyl (C=O) groups is 1. The summed E-state index contributed by atoms with van der Waals surface area (Å²) >= 11 is 3.23. The van der Waals surface area contributed by atoms with Gasteiger partial charge in [-0.2, -0.15) is 0 Å². The Hall–Kier alpha value is -0.950. The number of nitrogens with one attached hydrogen (secondary N) is 1. The molecule has 1 aromatic heterocycles. The van der Waals surface area contributed by atoms with E-state index in [4.69, 9.17) is 0 Å². The predicted octanol–water partition coefficient (Wildman–Crippen LogP) is 0.402. The van der Waals surface area contributed by atoms with Gasteiger partial charge in [0.1, 0.15) is 17.0 Å². The van der Waals surface area contributed by atoms with Crippen molar-refractivity contribution in [1.29, 1.82) is 0 Å². The summed E-state index contributed by atoms with van der Waals surface area (Å²) in [6.07, 6.45) is 1.64. The second-order valence-electron chi connectivity index (χ2n) is 3.42. The molecule has 0 spiro atoms. The van der Waals surface area contributed by atoms with Crippen LogP contribution in [0, 0.1) is 0 Å². The van der Waals surface area contributed by atoms with Gasteiger partial charge in [-0.3, -0.25) is 4.79 Å². The number of carbonyl (C=O) groups excluding carboxylic acids is 1. The summed E-state index contributed by atoms with van der Waals surface area (Å²) in [5.74, 6) is 0.530. The Bertz CT molecular complexity index is 355. The largest absolute Gasteiger partial charge is 0.468 e. The second kappa shape index (κ2) is 5.95. The molecular formula is C9H15BrN4O2. The van der Waals surface area contributed by atoms with Gasteiger partial charge < -0.3 is 14.6 Å². The summed E-state index contributed by atoms with van der Waals surface area (Å²) in [6, 6.07) is 0.0252.